The number of aliphatic carboxylic acids is 1. The van der Waals surface area contributed by atoms with Crippen LogP contribution in [0, 0.1) is 5.41 Å². The first kappa shape index (κ1) is 24.4. The molecule has 11 nitrogen and oxygen atoms in total. The number of hydrogen-bond acceptors (Lipinski definition) is 9. The van der Waals surface area contributed by atoms with E-state index in [0.717, 1.165) is 5.56 Å². The first-order valence-electron chi connectivity index (χ1n) is 9.71. The number of ketones is 1. The molecule has 0 bridgehead atoms. The van der Waals surface area contributed by atoms with Gasteiger partial charge < -0.3 is 21.3 Å². The minimum atomic E-state index is -2.13. The average molecular weight is 435 g/mol. The van der Waals surface area contributed by atoms with Gasteiger partial charge in [0.1, 0.15) is 11.4 Å². The highest BCUT2D eigenvalue weighted by molar-refractivity contribution is 6.08. The van der Waals surface area contributed by atoms with Gasteiger partial charge in [0.05, 0.1) is 12.1 Å². The van der Waals surface area contributed by atoms with Gasteiger partial charge in [0, 0.05) is 18.5 Å². The molecule has 2 rings (SSSR count). The number of alkyl carbamates (subject to hydrolysis) is 1. The lowest BCUT2D eigenvalue weighted by atomic mass is 9.90. The SMILES string of the molecule is CC(C)(C)OC(=O)NC(=N)c1ccc([C@@H]2C[C@H](CC(=O)C(N)(CN)C(=O)O)ON2)cc1. The first-order chi connectivity index (χ1) is 14.4. The highest BCUT2D eigenvalue weighted by Gasteiger charge is 2.42. The highest BCUT2D eigenvalue weighted by atomic mass is 16.7. The Hall–Kier alpha value is -2.86. The van der Waals surface area contributed by atoms with E-state index >= 15 is 0 Å². The molecule has 1 unspecified atom stereocenters. The number of carboxylic acids is 1. The van der Waals surface area contributed by atoms with Crippen LogP contribution in [-0.4, -0.2) is 52.6 Å². The van der Waals surface area contributed by atoms with Crippen molar-refractivity contribution in [2.24, 2.45) is 11.5 Å². The van der Waals surface area contributed by atoms with Crippen LogP contribution in [0.25, 0.3) is 0 Å². The van der Waals surface area contributed by atoms with Crippen molar-refractivity contribution in [1.82, 2.24) is 10.8 Å². The van der Waals surface area contributed by atoms with Gasteiger partial charge in [-0.2, -0.15) is 5.48 Å². The Morgan fingerprint density at radius 1 is 1.29 bits per heavy atom. The largest absolute Gasteiger partial charge is 0.479 e. The van der Waals surface area contributed by atoms with Crippen molar-refractivity contribution in [2.45, 2.75) is 56.9 Å². The van der Waals surface area contributed by atoms with Crippen molar-refractivity contribution in [3.8, 4) is 0 Å². The normalized spacial score (nSPS) is 20.5. The van der Waals surface area contributed by atoms with Crippen LogP contribution >= 0.6 is 0 Å². The zero-order chi connectivity index (χ0) is 23.4. The molecule has 1 saturated heterocycles. The lowest BCUT2D eigenvalue weighted by Gasteiger charge is -2.22. The van der Waals surface area contributed by atoms with Crippen LogP contribution in [0.4, 0.5) is 4.79 Å². The molecule has 1 amide bonds. The Kier molecular flexibility index (Phi) is 7.49. The maximum atomic E-state index is 12.3. The number of Topliss-reactive ketones (excluding diaryl/α,β-unsaturated/α-hetero) is 1. The number of rotatable bonds is 7. The molecule has 1 aromatic carbocycles. The van der Waals surface area contributed by atoms with Crippen LogP contribution < -0.4 is 22.3 Å². The third-order valence-electron chi connectivity index (χ3n) is 4.72. The number of hydrogen-bond donors (Lipinski definition) is 6. The van der Waals surface area contributed by atoms with Crippen LogP contribution in [0.1, 0.15) is 50.8 Å². The number of hydroxylamine groups is 1. The highest BCUT2D eigenvalue weighted by Crippen LogP contribution is 2.28. The van der Waals surface area contributed by atoms with Gasteiger partial charge in [-0.1, -0.05) is 24.3 Å². The summed E-state index contributed by atoms with van der Waals surface area (Å²) in [5, 5.41) is 19.5. The molecule has 3 atom stereocenters. The minimum absolute atomic E-state index is 0.102. The van der Waals surface area contributed by atoms with E-state index in [1.165, 1.54) is 0 Å². The van der Waals surface area contributed by atoms with E-state index in [1.807, 2.05) is 0 Å². The fourth-order valence-corrected chi connectivity index (χ4v) is 2.94. The van der Waals surface area contributed by atoms with E-state index in [-0.39, 0.29) is 18.3 Å². The van der Waals surface area contributed by atoms with Crippen LogP contribution in [0.2, 0.25) is 0 Å². The van der Waals surface area contributed by atoms with Gasteiger partial charge in [0.25, 0.3) is 0 Å². The number of amides is 1. The molecule has 8 N–H and O–H groups in total. The van der Waals surface area contributed by atoms with Gasteiger partial charge in [-0.15, -0.1) is 0 Å². The smallest absolute Gasteiger partial charge is 0.413 e. The summed E-state index contributed by atoms with van der Waals surface area (Å²) in [5.41, 5.74) is 12.3. The molecule has 11 heteroatoms. The van der Waals surface area contributed by atoms with E-state index in [0.29, 0.717) is 12.0 Å². The summed E-state index contributed by atoms with van der Waals surface area (Å²) >= 11 is 0. The van der Waals surface area contributed by atoms with E-state index in [4.69, 9.17) is 31.6 Å². The predicted octanol–water partition coefficient (Wildman–Crippen LogP) is 0.571. The predicted molar refractivity (Wildman–Crippen MR) is 111 cm³/mol. The van der Waals surface area contributed by atoms with E-state index in [9.17, 15) is 14.4 Å². The third-order valence-corrected chi connectivity index (χ3v) is 4.72. The lowest BCUT2D eigenvalue weighted by Crippen LogP contribution is -2.60. The average Bonchev–Trinajstić information content (AvgIpc) is 3.14. The standard InChI is InChI=1S/C20H29N5O6/c1-19(2,3)30-18(29)24-16(22)12-6-4-11(5-7-12)14-8-13(31-25-14)9-15(26)20(23,10-21)17(27)28/h4-7,13-14,25H,8-10,21,23H2,1-3H3,(H,27,28)(H2,22,24,29)/t13-,14+,20?/m1/s1. The van der Waals surface area contributed by atoms with Gasteiger partial charge in [0.2, 0.25) is 0 Å². The molecule has 0 aliphatic carbocycles. The number of nitrogens with two attached hydrogens (primary N) is 2. The number of ether oxygens (including phenoxy) is 1. The summed E-state index contributed by atoms with van der Waals surface area (Å²) in [6, 6.07) is 6.61. The number of carbonyl (C=O) groups is 3. The zero-order valence-corrected chi connectivity index (χ0v) is 17.7. The quantitative estimate of drug-likeness (QED) is 0.202. The summed E-state index contributed by atoms with van der Waals surface area (Å²) in [6.45, 7) is 4.69. The summed E-state index contributed by atoms with van der Waals surface area (Å²) < 4.78 is 5.13. The fraction of sp³-hybridized carbons (Fsp3) is 0.500. The number of carboxylic acid groups (broad SMARTS) is 1. The Balaban J connectivity index is 1.94. The molecule has 0 radical (unpaired) electrons. The Labute approximate surface area is 179 Å². The summed E-state index contributed by atoms with van der Waals surface area (Å²) in [4.78, 5) is 40.7. The number of carbonyl (C=O) groups excluding carboxylic acids is 2. The topological polar surface area (TPSA) is 190 Å². The second kappa shape index (κ2) is 9.52. The molecule has 0 saturated carbocycles. The third kappa shape index (κ3) is 6.31. The number of amidine groups is 1. The van der Waals surface area contributed by atoms with E-state index in [2.05, 4.69) is 10.8 Å². The molecule has 0 aromatic heterocycles. The van der Waals surface area contributed by atoms with Gasteiger partial charge >= 0.3 is 12.1 Å². The molecule has 170 valence electrons. The molecule has 1 aliphatic heterocycles. The van der Waals surface area contributed by atoms with Crippen molar-refractivity contribution in [1.29, 1.82) is 5.41 Å². The van der Waals surface area contributed by atoms with Gasteiger partial charge in [-0.25, -0.2) is 9.59 Å². The minimum Gasteiger partial charge on any atom is -0.479 e. The maximum absolute atomic E-state index is 12.3. The second-order valence-corrected chi connectivity index (χ2v) is 8.38. The first-order valence-corrected chi connectivity index (χ1v) is 9.71. The van der Waals surface area contributed by atoms with Crippen molar-refractivity contribution in [2.75, 3.05) is 6.54 Å². The van der Waals surface area contributed by atoms with Crippen molar-refractivity contribution < 1.29 is 29.1 Å². The van der Waals surface area contributed by atoms with Crippen molar-refractivity contribution >= 4 is 23.7 Å². The van der Waals surface area contributed by atoms with Crippen molar-refractivity contribution in [3.63, 3.8) is 0 Å². The molecule has 1 heterocycles. The maximum Gasteiger partial charge on any atom is 0.413 e. The second-order valence-electron chi connectivity index (χ2n) is 8.38. The van der Waals surface area contributed by atoms with Gasteiger partial charge in [0.15, 0.2) is 11.3 Å². The summed E-state index contributed by atoms with van der Waals surface area (Å²) in [7, 11) is 0. The lowest BCUT2D eigenvalue weighted by molar-refractivity contribution is -0.148. The molecule has 1 fully saturated rings. The van der Waals surface area contributed by atoms with E-state index in [1.54, 1.807) is 45.0 Å². The fourth-order valence-electron chi connectivity index (χ4n) is 2.94. The molecular weight excluding hydrogens is 406 g/mol. The van der Waals surface area contributed by atoms with Gasteiger partial charge in [-0.05, 0) is 32.8 Å². The zero-order valence-electron chi connectivity index (χ0n) is 17.7. The monoisotopic (exact) mass is 435 g/mol. The van der Waals surface area contributed by atoms with Crippen molar-refractivity contribution in [3.05, 3.63) is 35.4 Å². The van der Waals surface area contributed by atoms with Crippen LogP contribution in [0.3, 0.4) is 0 Å². The van der Waals surface area contributed by atoms with Gasteiger partial charge in [-0.3, -0.25) is 20.4 Å². The van der Waals surface area contributed by atoms with Crippen LogP contribution in [0.5, 0.6) is 0 Å². The number of benzene rings is 1. The molecule has 1 aliphatic rings. The number of nitrogens with one attached hydrogen (secondary N) is 3. The molecular formula is C20H29N5O6. The Morgan fingerprint density at radius 3 is 2.42 bits per heavy atom. The summed E-state index contributed by atoms with van der Waals surface area (Å²) in [5.74, 6) is -2.28. The van der Waals surface area contributed by atoms with Crippen LogP contribution in [0.15, 0.2) is 24.3 Å². The summed E-state index contributed by atoms with van der Waals surface area (Å²) in [6.07, 6.45) is -1.04. The Morgan fingerprint density at radius 2 is 1.90 bits per heavy atom. The van der Waals surface area contributed by atoms with E-state index < -0.39 is 41.6 Å². The Bertz CT molecular complexity index is 851. The molecule has 31 heavy (non-hydrogen) atoms. The molecule has 0 spiro atoms. The molecule has 1 aromatic rings. The van der Waals surface area contributed by atoms with Crippen LogP contribution in [-0.2, 0) is 19.2 Å².